The molecule has 5 heteroatoms. The first-order valence-electron chi connectivity index (χ1n) is 6.37. The lowest BCUT2D eigenvalue weighted by atomic mass is 10.0. The van der Waals surface area contributed by atoms with E-state index < -0.39 is 5.97 Å². The van der Waals surface area contributed by atoms with Gasteiger partial charge in [-0.25, -0.2) is 0 Å². The largest absolute Gasteiger partial charge is 0.481 e. The fourth-order valence-corrected chi connectivity index (χ4v) is 1.87. The summed E-state index contributed by atoms with van der Waals surface area (Å²) in [7, 11) is 1.69. The van der Waals surface area contributed by atoms with Crippen LogP contribution in [0.15, 0.2) is 24.3 Å². The van der Waals surface area contributed by atoms with Crippen LogP contribution >= 0.6 is 0 Å². The molecule has 0 radical (unpaired) electrons. The van der Waals surface area contributed by atoms with Crippen LogP contribution < -0.4 is 0 Å². The average Bonchev–Trinajstić information content (AvgIpc) is 2.38. The van der Waals surface area contributed by atoms with Gasteiger partial charge < -0.3 is 10.0 Å². The van der Waals surface area contributed by atoms with Gasteiger partial charge in [0.05, 0.1) is 11.6 Å². The zero-order valence-corrected chi connectivity index (χ0v) is 11.7. The molecule has 106 valence electrons. The first kappa shape index (κ1) is 15.7. The van der Waals surface area contributed by atoms with E-state index in [1.54, 1.807) is 31.0 Å². The summed E-state index contributed by atoms with van der Waals surface area (Å²) in [5.41, 5.74) is 1.52. The highest BCUT2D eigenvalue weighted by Crippen LogP contribution is 2.12. The molecule has 1 unspecified atom stereocenters. The summed E-state index contributed by atoms with van der Waals surface area (Å²) in [5, 5.41) is 17.4. The van der Waals surface area contributed by atoms with Gasteiger partial charge in [-0.1, -0.05) is 19.1 Å². The molecule has 0 aliphatic carbocycles. The molecular weight excluding hydrogens is 256 g/mol. The molecule has 0 saturated carbocycles. The Kier molecular flexibility index (Phi) is 5.73. The second-order valence-electron chi connectivity index (χ2n) is 4.97. The van der Waals surface area contributed by atoms with E-state index in [9.17, 15) is 9.59 Å². The SMILES string of the molecule is CC(CC(=O)O)CC(=O)N(C)Cc1ccc(C#N)cc1. The Balaban J connectivity index is 2.52. The number of carboxylic acid groups (broad SMARTS) is 1. The van der Waals surface area contributed by atoms with Gasteiger partial charge in [-0.15, -0.1) is 0 Å². The number of amides is 1. The van der Waals surface area contributed by atoms with Crippen LogP contribution in [0.2, 0.25) is 0 Å². The van der Waals surface area contributed by atoms with Gasteiger partial charge in [0, 0.05) is 26.4 Å². The number of carbonyl (C=O) groups excluding carboxylic acids is 1. The van der Waals surface area contributed by atoms with Crippen molar-refractivity contribution in [3.8, 4) is 6.07 Å². The molecule has 1 atom stereocenters. The van der Waals surface area contributed by atoms with Crippen molar-refractivity contribution in [1.29, 1.82) is 5.26 Å². The Morgan fingerprint density at radius 3 is 2.40 bits per heavy atom. The molecule has 0 fully saturated rings. The summed E-state index contributed by atoms with van der Waals surface area (Å²) in [6, 6.07) is 9.07. The fraction of sp³-hybridized carbons (Fsp3) is 0.400. The van der Waals surface area contributed by atoms with Gasteiger partial charge in [0.1, 0.15) is 0 Å². The second-order valence-corrected chi connectivity index (χ2v) is 4.97. The molecule has 1 aromatic rings. The minimum absolute atomic E-state index is 0.00353. The van der Waals surface area contributed by atoms with Crippen molar-refractivity contribution in [3.05, 3.63) is 35.4 Å². The van der Waals surface area contributed by atoms with Crippen LogP contribution in [0.4, 0.5) is 0 Å². The van der Waals surface area contributed by atoms with Crippen LogP contribution in [0, 0.1) is 17.2 Å². The van der Waals surface area contributed by atoms with Gasteiger partial charge in [-0.05, 0) is 23.6 Å². The highest BCUT2D eigenvalue weighted by Gasteiger charge is 2.15. The number of carboxylic acids is 1. The highest BCUT2D eigenvalue weighted by molar-refractivity contribution is 5.77. The van der Waals surface area contributed by atoms with Crippen molar-refractivity contribution < 1.29 is 14.7 Å². The van der Waals surface area contributed by atoms with Crippen LogP contribution in [0.25, 0.3) is 0 Å². The van der Waals surface area contributed by atoms with Crippen LogP contribution in [0.5, 0.6) is 0 Å². The van der Waals surface area contributed by atoms with Crippen molar-refractivity contribution in [2.45, 2.75) is 26.3 Å². The molecule has 0 aliphatic rings. The number of hydrogen-bond donors (Lipinski definition) is 1. The molecule has 0 aliphatic heterocycles. The first-order chi connectivity index (χ1) is 9.42. The van der Waals surface area contributed by atoms with E-state index in [4.69, 9.17) is 10.4 Å². The van der Waals surface area contributed by atoms with Gasteiger partial charge in [0.25, 0.3) is 0 Å². The van der Waals surface area contributed by atoms with E-state index in [0.717, 1.165) is 5.56 Å². The molecule has 5 nitrogen and oxygen atoms in total. The third-order valence-corrected chi connectivity index (χ3v) is 2.97. The third-order valence-electron chi connectivity index (χ3n) is 2.97. The highest BCUT2D eigenvalue weighted by atomic mass is 16.4. The summed E-state index contributed by atoms with van der Waals surface area (Å²) in [6.45, 7) is 2.20. The molecule has 0 spiro atoms. The van der Waals surface area contributed by atoms with Crippen LogP contribution in [0.3, 0.4) is 0 Å². The molecule has 0 aromatic heterocycles. The van der Waals surface area contributed by atoms with Gasteiger partial charge in [-0.2, -0.15) is 5.26 Å². The number of nitrogens with zero attached hydrogens (tertiary/aromatic N) is 2. The molecular formula is C15H18N2O3. The maximum absolute atomic E-state index is 11.9. The van der Waals surface area contributed by atoms with Gasteiger partial charge >= 0.3 is 5.97 Å². The predicted molar refractivity (Wildman–Crippen MR) is 73.7 cm³/mol. The minimum Gasteiger partial charge on any atom is -0.481 e. The van der Waals surface area contributed by atoms with Crippen LogP contribution in [0.1, 0.15) is 30.9 Å². The van der Waals surface area contributed by atoms with Crippen LogP contribution in [-0.2, 0) is 16.1 Å². The maximum Gasteiger partial charge on any atom is 0.303 e. The Labute approximate surface area is 118 Å². The molecule has 0 bridgehead atoms. The third kappa shape index (κ3) is 5.11. The van der Waals surface area contributed by atoms with Gasteiger partial charge in [0.15, 0.2) is 0 Å². The molecule has 1 aromatic carbocycles. The second kappa shape index (κ2) is 7.29. The monoisotopic (exact) mass is 274 g/mol. The number of benzene rings is 1. The average molecular weight is 274 g/mol. The molecule has 0 saturated heterocycles. The molecule has 1 N–H and O–H groups in total. The Bertz CT molecular complexity index is 517. The van der Waals surface area contributed by atoms with Gasteiger partial charge in [-0.3, -0.25) is 9.59 Å². The number of nitriles is 1. The molecule has 20 heavy (non-hydrogen) atoms. The first-order valence-corrected chi connectivity index (χ1v) is 6.37. The van der Waals surface area contributed by atoms with E-state index in [1.807, 2.05) is 18.2 Å². The Hall–Kier alpha value is -2.35. The molecule has 1 amide bonds. The topological polar surface area (TPSA) is 81.4 Å². The predicted octanol–water partition coefficient (Wildman–Crippen LogP) is 2.02. The van der Waals surface area contributed by atoms with Crippen molar-refractivity contribution in [2.75, 3.05) is 7.05 Å². The zero-order chi connectivity index (χ0) is 15.1. The maximum atomic E-state index is 11.9. The van der Waals surface area contributed by atoms with Crippen molar-refractivity contribution in [1.82, 2.24) is 4.90 Å². The van der Waals surface area contributed by atoms with Crippen molar-refractivity contribution in [2.24, 2.45) is 5.92 Å². The number of aliphatic carboxylic acids is 1. The Morgan fingerprint density at radius 2 is 1.90 bits per heavy atom. The van der Waals surface area contributed by atoms with E-state index in [2.05, 4.69) is 0 Å². The van der Waals surface area contributed by atoms with Gasteiger partial charge in [0.2, 0.25) is 5.91 Å². The summed E-state index contributed by atoms with van der Waals surface area (Å²) < 4.78 is 0. The van der Waals surface area contributed by atoms with Crippen LogP contribution in [-0.4, -0.2) is 28.9 Å². The number of hydrogen-bond acceptors (Lipinski definition) is 3. The smallest absolute Gasteiger partial charge is 0.303 e. The fourth-order valence-electron chi connectivity index (χ4n) is 1.87. The molecule has 0 heterocycles. The molecule has 1 rings (SSSR count). The zero-order valence-electron chi connectivity index (χ0n) is 11.7. The summed E-state index contributed by atoms with van der Waals surface area (Å²) >= 11 is 0. The quantitative estimate of drug-likeness (QED) is 0.860. The number of rotatable bonds is 6. The lowest BCUT2D eigenvalue weighted by molar-refractivity contribution is -0.138. The number of carbonyl (C=O) groups is 2. The van der Waals surface area contributed by atoms with E-state index in [0.29, 0.717) is 12.1 Å². The van der Waals surface area contributed by atoms with E-state index in [1.165, 1.54) is 0 Å². The normalized spacial score (nSPS) is 11.4. The van der Waals surface area contributed by atoms with E-state index >= 15 is 0 Å². The lowest BCUT2D eigenvalue weighted by Crippen LogP contribution is -2.28. The van der Waals surface area contributed by atoms with E-state index in [-0.39, 0.29) is 24.7 Å². The summed E-state index contributed by atoms with van der Waals surface area (Å²) in [6.07, 6.45) is 0.218. The lowest BCUT2D eigenvalue weighted by Gasteiger charge is -2.19. The van der Waals surface area contributed by atoms with Crippen molar-refractivity contribution in [3.63, 3.8) is 0 Å². The summed E-state index contributed by atoms with van der Waals surface area (Å²) in [5.74, 6) is -1.15. The minimum atomic E-state index is -0.889. The Morgan fingerprint density at radius 1 is 1.30 bits per heavy atom. The standard InChI is InChI=1S/C15H18N2O3/c1-11(8-15(19)20)7-14(18)17(2)10-13-5-3-12(9-16)4-6-13/h3-6,11H,7-8,10H2,1-2H3,(H,19,20). The van der Waals surface area contributed by atoms with Crippen molar-refractivity contribution >= 4 is 11.9 Å². The summed E-state index contributed by atoms with van der Waals surface area (Å²) in [4.78, 5) is 24.1.